The monoisotopic (exact) mass is 772 g/mol. The quantitative estimate of drug-likeness (QED) is 0.0915. The van der Waals surface area contributed by atoms with E-state index in [0.717, 1.165) is 12.1 Å². The van der Waals surface area contributed by atoms with Crippen molar-refractivity contribution in [3.8, 4) is 34.3 Å². The lowest BCUT2D eigenvalue weighted by atomic mass is 9.99. The molecule has 4 heterocycles. The first kappa shape index (κ1) is 39.9. The van der Waals surface area contributed by atoms with Gasteiger partial charge in [-0.25, -0.2) is 0 Å². The first-order chi connectivity index (χ1) is 25.7. The van der Waals surface area contributed by atoms with Crippen LogP contribution >= 0.6 is 0 Å². The highest BCUT2D eigenvalue weighted by Gasteiger charge is 2.47. The molecule has 3 aliphatic heterocycles. The van der Waals surface area contributed by atoms with Crippen molar-refractivity contribution in [2.24, 2.45) is 0 Å². The number of aromatic hydroxyl groups is 1. The summed E-state index contributed by atoms with van der Waals surface area (Å²) in [5, 5.41) is 132. The molecule has 298 valence electrons. The van der Waals surface area contributed by atoms with Crippen LogP contribution in [0.1, 0.15) is 0 Å². The molecular weight excluding hydrogens is 732 g/mol. The molecule has 7 unspecified atom stereocenters. The smallest absolute Gasteiger partial charge is 0.239 e. The Hall–Kier alpha value is -3.75. The zero-order chi connectivity index (χ0) is 39.2. The predicted octanol–water partition coefficient (Wildman–Crippen LogP) is -5.30. The van der Waals surface area contributed by atoms with Crippen LogP contribution in [0.2, 0.25) is 0 Å². The van der Waals surface area contributed by atoms with Crippen LogP contribution in [0, 0.1) is 0 Å². The van der Waals surface area contributed by atoms with E-state index in [1.807, 2.05) is 0 Å². The standard InChI is InChI=1S/C33H40O21/c34-7-15-19(38)23(42)26(45)31(51-15)48-11-3-1-10(2-4-11)29-30(54-33-28(47)25(44)21(40)17(9-36)53-33)22(41)18-13(37)5-12(6-14(18)50-29)49-32-27(46)24(43)20(39)16(8-35)52-32/h1-6,15-17,19-21,23-28,31-40,42-47H,7-9H2/t15?,16?,17?,19-,20-,21-,23+,24+,25?,26?,27?,28?,31-,32-,33+/m1/s1. The number of ether oxygens (including phenoxy) is 6. The summed E-state index contributed by atoms with van der Waals surface area (Å²) in [4.78, 5) is 14.0. The normalized spacial score (nSPS) is 37.2. The number of hydrogen-bond acceptors (Lipinski definition) is 21. The summed E-state index contributed by atoms with van der Waals surface area (Å²) in [6, 6.07) is 7.25. The van der Waals surface area contributed by atoms with Gasteiger partial charge in [-0.05, 0) is 24.3 Å². The number of phenols is 1. The third-order valence-corrected chi connectivity index (χ3v) is 9.31. The molecule has 21 heteroatoms. The lowest BCUT2D eigenvalue weighted by Crippen LogP contribution is -2.60. The Bertz CT molecular complexity index is 1800. The summed E-state index contributed by atoms with van der Waals surface area (Å²) in [6.45, 7) is -2.28. The molecular formula is C33H40O21. The van der Waals surface area contributed by atoms with E-state index in [9.17, 15) is 71.2 Å². The fourth-order valence-corrected chi connectivity index (χ4v) is 6.19. The number of aliphatic hydroxyl groups is 12. The second kappa shape index (κ2) is 16.2. The number of phenolic OH excluding ortho intramolecular Hbond substituents is 1. The van der Waals surface area contributed by atoms with Crippen molar-refractivity contribution in [2.45, 2.75) is 92.1 Å². The fourth-order valence-electron chi connectivity index (χ4n) is 6.19. The van der Waals surface area contributed by atoms with Crippen LogP contribution < -0.4 is 19.6 Å². The molecule has 6 rings (SSSR count). The Morgan fingerprint density at radius 2 is 0.963 bits per heavy atom. The van der Waals surface area contributed by atoms with Gasteiger partial charge in [-0.1, -0.05) is 0 Å². The van der Waals surface area contributed by atoms with Crippen molar-refractivity contribution in [1.29, 1.82) is 0 Å². The van der Waals surface area contributed by atoms with E-state index >= 15 is 0 Å². The zero-order valence-corrected chi connectivity index (χ0v) is 27.8. The van der Waals surface area contributed by atoms with Crippen LogP contribution in [0.3, 0.4) is 0 Å². The Labute approximate surface area is 303 Å². The highest BCUT2D eigenvalue weighted by Crippen LogP contribution is 2.39. The van der Waals surface area contributed by atoms with Crippen molar-refractivity contribution < 1.29 is 99.2 Å². The van der Waals surface area contributed by atoms with E-state index in [-0.39, 0.29) is 22.6 Å². The predicted molar refractivity (Wildman–Crippen MR) is 173 cm³/mol. The number of fused-ring (bicyclic) bond motifs is 1. The summed E-state index contributed by atoms with van der Waals surface area (Å²) < 4.78 is 39.1. The number of benzene rings is 2. The average Bonchev–Trinajstić information content (AvgIpc) is 3.16. The molecule has 0 spiro atoms. The van der Waals surface area contributed by atoms with E-state index in [2.05, 4.69) is 0 Å². The molecule has 0 radical (unpaired) electrons. The van der Waals surface area contributed by atoms with E-state index in [1.54, 1.807) is 0 Å². The van der Waals surface area contributed by atoms with Gasteiger partial charge in [0.05, 0.1) is 19.8 Å². The lowest BCUT2D eigenvalue weighted by molar-refractivity contribution is -0.277. The van der Waals surface area contributed by atoms with Gasteiger partial charge in [0.2, 0.25) is 30.0 Å². The summed E-state index contributed by atoms with van der Waals surface area (Å²) in [5.41, 5.74) is -1.38. The zero-order valence-electron chi connectivity index (χ0n) is 27.8. The van der Waals surface area contributed by atoms with E-state index in [4.69, 9.17) is 32.8 Å². The molecule has 0 bridgehead atoms. The molecule has 54 heavy (non-hydrogen) atoms. The van der Waals surface area contributed by atoms with Gasteiger partial charge < -0.3 is 99.2 Å². The number of aliphatic hydroxyl groups excluding tert-OH is 12. The van der Waals surface area contributed by atoms with Crippen LogP contribution in [0.25, 0.3) is 22.3 Å². The topological polar surface area (TPSA) is 349 Å². The van der Waals surface area contributed by atoms with Crippen molar-refractivity contribution in [1.82, 2.24) is 0 Å². The minimum Gasteiger partial charge on any atom is -0.507 e. The molecule has 3 aliphatic rings. The molecule has 3 fully saturated rings. The Morgan fingerprint density at radius 1 is 0.537 bits per heavy atom. The Balaban J connectivity index is 1.38. The van der Waals surface area contributed by atoms with Gasteiger partial charge >= 0.3 is 0 Å². The van der Waals surface area contributed by atoms with Crippen LogP contribution in [0.5, 0.6) is 23.0 Å². The summed E-state index contributed by atoms with van der Waals surface area (Å²) in [7, 11) is 0. The van der Waals surface area contributed by atoms with Crippen LogP contribution in [0.15, 0.2) is 45.6 Å². The Kier molecular flexibility index (Phi) is 11.9. The summed E-state index contributed by atoms with van der Waals surface area (Å²) in [6.07, 6.45) is -25.2. The van der Waals surface area contributed by atoms with Gasteiger partial charge in [0, 0.05) is 17.7 Å². The van der Waals surface area contributed by atoms with E-state index in [1.165, 1.54) is 24.3 Å². The van der Waals surface area contributed by atoms with Crippen molar-refractivity contribution in [3.63, 3.8) is 0 Å². The Morgan fingerprint density at radius 3 is 1.41 bits per heavy atom. The van der Waals surface area contributed by atoms with Crippen molar-refractivity contribution in [3.05, 3.63) is 46.6 Å². The van der Waals surface area contributed by atoms with Gasteiger partial charge in [0.25, 0.3) is 0 Å². The minimum atomic E-state index is -1.97. The van der Waals surface area contributed by atoms with Gasteiger partial charge in [0.1, 0.15) is 101 Å². The molecule has 13 N–H and O–H groups in total. The fraction of sp³-hybridized carbons (Fsp3) is 0.545. The maximum atomic E-state index is 14.0. The third kappa shape index (κ3) is 7.45. The van der Waals surface area contributed by atoms with E-state index in [0.29, 0.717) is 0 Å². The second-order valence-electron chi connectivity index (χ2n) is 12.9. The molecule has 15 atom stereocenters. The molecule has 2 aromatic carbocycles. The SMILES string of the molecule is O=c1c(O[C@@H]2OC(CO)[C@@H](O)C(O)C2O)c(-c2ccc(O[C@@H]3OC(CO)[C@@H](O)[C@H](O)C3O)cc2)oc2cc(O[C@@H]3OC(CO)[C@@H](O)[C@H](O)C3O)cc(O)c12. The first-order valence-electron chi connectivity index (χ1n) is 16.5. The summed E-state index contributed by atoms with van der Waals surface area (Å²) in [5.74, 6) is -2.14. The average molecular weight is 773 g/mol. The van der Waals surface area contributed by atoms with Gasteiger partial charge in [0.15, 0.2) is 5.76 Å². The van der Waals surface area contributed by atoms with E-state index < -0.39 is 140 Å². The molecule has 3 aromatic rings. The lowest BCUT2D eigenvalue weighted by Gasteiger charge is -2.39. The second-order valence-corrected chi connectivity index (χ2v) is 12.9. The third-order valence-electron chi connectivity index (χ3n) is 9.31. The molecule has 0 amide bonds. The van der Waals surface area contributed by atoms with Gasteiger partial charge in [-0.3, -0.25) is 4.79 Å². The van der Waals surface area contributed by atoms with Crippen molar-refractivity contribution in [2.75, 3.05) is 19.8 Å². The maximum Gasteiger partial charge on any atom is 0.239 e. The number of rotatable bonds is 10. The molecule has 21 nitrogen and oxygen atoms in total. The van der Waals surface area contributed by atoms with Gasteiger partial charge in [-0.2, -0.15) is 0 Å². The minimum absolute atomic E-state index is 0.00970. The van der Waals surface area contributed by atoms with Crippen LogP contribution in [-0.4, -0.2) is 178 Å². The van der Waals surface area contributed by atoms with Crippen LogP contribution in [0.4, 0.5) is 0 Å². The van der Waals surface area contributed by atoms with Gasteiger partial charge in [-0.15, -0.1) is 0 Å². The van der Waals surface area contributed by atoms with Crippen LogP contribution in [-0.2, 0) is 14.2 Å². The number of hydrogen-bond donors (Lipinski definition) is 13. The highest BCUT2D eigenvalue weighted by atomic mass is 16.7. The molecule has 1 aromatic heterocycles. The largest absolute Gasteiger partial charge is 0.507 e. The summed E-state index contributed by atoms with van der Waals surface area (Å²) >= 11 is 0. The maximum absolute atomic E-state index is 14.0. The molecule has 3 saturated heterocycles. The highest BCUT2D eigenvalue weighted by molar-refractivity contribution is 5.88. The van der Waals surface area contributed by atoms with Crippen molar-refractivity contribution >= 4 is 11.0 Å². The molecule has 0 saturated carbocycles. The molecule has 0 aliphatic carbocycles. The first-order valence-corrected chi connectivity index (χ1v) is 16.5.